The van der Waals surface area contributed by atoms with Gasteiger partial charge in [0.15, 0.2) is 0 Å². The zero-order valence-electron chi connectivity index (χ0n) is 31.4. The molecule has 0 aliphatic heterocycles. The van der Waals surface area contributed by atoms with E-state index in [2.05, 4.69) is 132 Å². The van der Waals surface area contributed by atoms with Gasteiger partial charge in [0, 0.05) is 25.0 Å². The third-order valence-corrected chi connectivity index (χ3v) is 6.71. The fourth-order valence-electron chi connectivity index (χ4n) is 3.59. The lowest BCUT2D eigenvalue weighted by atomic mass is 10.0. The second-order valence-corrected chi connectivity index (χ2v) is 11.3. The van der Waals surface area contributed by atoms with Crippen LogP contribution in [0.2, 0.25) is 0 Å². The molecule has 1 rings (SSSR count). The van der Waals surface area contributed by atoms with E-state index in [1.807, 2.05) is 52.2 Å². The quantitative estimate of drug-likeness (QED) is 0.0992. The maximum Gasteiger partial charge on any atom is 0.0541 e. The predicted octanol–water partition coefficient (Wildman–Crippen LogP) is 12.1. The van der Waals surface area contributed by atoms with Crippen molar-refractivity contribution in [2.45, 2.75) is 93.9 Å². The largest absolute Gasteiger partial charge is 0.394 e. The van der Waals surface area contributed by atoms with E-state index in [-0.39, 0.29) is 0 Å². The summed E-state index contributed by atoms with van der Waals surface area (Å²) in [5.74, 6) is 1.01. The van der Waals surface area contributed by atoms with E-state index in [0.717, 1.165) is 37.2 Å². The molecule has 0 saturated carbocycles. The first-order chi connectivity index (χ1) is 22.0. The van der Waals surface area contributed by atoms with Crippen molar-refractivity contribution in [3.05, 3.63) is 140 Å². The summed E-state index contributed by atoms with van der Waals surface area (Å²) in [6, 6.07) is 10.4. The van der Waals surface area contributed by atoms with Gasteiger partial charge in [0.05, 0.1) is 6.54 Å². The molecule has 0 heterocycles. The number of unbranched alkanes of at least 4 members (excludes halogenated alkanes) is 1. The minimum absolute atomic E-state index is 0.461. The summed E-state index contributed by atoms with van der Waals surface area (Å²) in [6.07, 6.45) is 23.3. The molecule has 0 bridgehead atoms. The average Bonchev–Trinajstić information content (AvgIpc) is 3.06. The highest BCUT2D eigenvalue weighted by Gasteiger charge is 2.04. The smallest absolute Gasteiger partial charge is 0.0541 e. The Balaban J connectivity index is -0.000000838. The van der Waals surface area contributed by atoms with Gasteiger partial charge in [-0.05, 0) is 87.3 Å². The molecule has 0 saturated heterocycles. The molecular formula is C43H71N3. The minimum Gasteiger partial charge on any atom is -0.394 e. The molecule has 1 aromatic carbocycles. The van der Waals surface area contributed by atoms with Crippen molar-refractivity contribution >= 4 is 6.08 Å². The van der Waals surface area contributed by atoms with Crippen LogP contribution in [0.25, 0.3) is 6.08 Å². The number of allylic oxidation sites excluding steroid dienone is 8. The first-order valence-electron chi connectivity index (χ1n) is 17.2. The zero-order valence-corrected chi connectivity index (χ0v) is 31.4. The molecule has 1 aromatic rings. The van der Waals surface area contributed by atoms with Crippen molar-refractivity contribution in [2.75, 3.05) is 20.1 Å². The topological polar surface area (TPSA) is 36.1 Å². The van der Waals surface area contributed by atoms with Gasteiger partial charge in [0.2, 0.25) is 0 Å². The van der Waals surface area contributed by atoms with Gasteiger partial charge in [0.1, 0.15) is 0 Å². The monoisotopic (exact) mass is 630 g/mol. The van der Waals surface area contributed by atoms with Gasteiger partial charge in [-0.3, -0.25) is 0 Å². The van der Waals surface area contributed by atoms with E-state index in [0.29, 0.717) is 18.4 Å². The van der Waals surface area contributed by atoms with E-state index in [9.17, 15) is 0 Å². The van der Waals surface area contributed by atoms with Gasteiger partial charge in [-0.15, -0.1) is 6.58 Å². The Morgan fingerprint density at radius 1 is 0.935 bits per heavy atom. The summed E-state index contributed by atoms with van der Waals surface area (Å²) in [5.41, 5.74) is 6.92. The Morgan fingerprint density at radius 2 is 1.59 bits per heavy atom. The molecule has 0 aliphatic rings. The Labute approximate surface area is 286 Å². The summed E-state index contributed by atoms with van der Waals surface area (Å²) < 4.78 is 0. The molecule has 258 valence electrons. The molecule has 0 fully saturated rings. The SMILES string of the molecule is C=C(/C=C/CCC(C)/C=C/c1ccccc1)NCC(=C)NCC(C)C(=C)CC.C=C(C)CCCC.C=C/C=C(C)\C=C\NC.CC. The highest BCUT2D eigenvalue weighted by atomic mass is 15.0. The summed E-state index contributed by atoms with van der Waals surface area (Å²) in [5, 5.41) is 9.58. The van der Waals surface area contributed by atoms with Crippen molar-refractivity contribution in [1.29, 1.82) is 0 Å². The Bertz CT molecular complexity index is 1050. The zero-order chi connectivity index (χ0) is 35.6. The molecular weight excluding hydrogens is 558 g/mol. The maximum absolute atomic E-state index is 4.09. The number of hydrogen-bond donors (Lipinski definition) is 3. The number of nitrogens with one attached hydrogen (secondary N) is 3. The molecule has 2 unspecified atom stereocenters. The Morgan fingerprint density at radius 3 is 2.11 bits per heavy atom. The molecule has 0 radical (unpaired) electrons. The van der Waals surface area contributed by atoms with Crippen LogP contribution in [0.15, 0.2) is 134 Å². The van der Waals surface area contributed by atoms with Gasteiger partial charge in [-0.1, -0.05) is 146 Å². The highest BCUT2D eigenvalue weighted by Crippen LogP contribution is 2.12. The molecule has 0 aromatic heterocycles. The first-order valence-corrected chi connectivity index (χ1v) is 17.2. The van der Waals surface area contributed by atoms with Crippen LogP contribution < -0.4 is 16.0 Å². The van der Waals surface area contributed by atoms with E-state index < -0.39 is 0 Å². The van der Waals surface area contributed by atoms with Crippen LogP contribution in [0, 0.1) is 11.8 Å². The van der Waals surface area contributed by atoms with E-state index in [1.54, 1.807) is 6.08 Å². The molecule has 0 spiro atoms. The van der Waals surface area contributed by atoms with Crippen molar-refractivity contribution in [3.8, 4) is 0 Å². The van der Waals surface area contributed by atoms with Gasteiger partial charge in [-0.2, -0.15) is 0 Å². The molecule has 0 amide bonds. The second kappa shape index (κ2) is 34.2. The van der Waals surface area contributed by atoms with Gasteiger partial charge < -0.3 is 16.0 Å². The van der Waals surface area contributed by atoms with Gasteiger partial charge in [-0.25, -0.2) is 0 Å². The maximum atomic E-state index is 4.09. The van der Waals surface area contributed by atoms with Crippen molar-refractivity contribution < 1.29 is 0 Å². The number of benzene rings is 1. The summed E-state index contributed by atoms with van der Waals surface area (Å²) in [4.78, 5) is 0. The molecule has 0 aliphatic carbocycles. The van der Waals surface area contributed by atoms with Crippen molar-refractivity contribution in [1.82, 2.24) is 16.0 Å². The van der Waals surface area contributed by atoms with Crippen molar-refractivity contribution in [2.24, 2.45) is 11.8 Å². The van der Waals surface area contributed by atoms with E-state index in [1.165, 1.54) is 41.5 Å². The first kappa shape index (κ1) is 46.7. The fraction of sp³-hybridized carbons (Fsp3) is 0.442. The van der Waals surface area contributed by atoms with Crippen LogP contribution in [0.5, 0.6) is 0 Å². The number of hydrogen-bond acceptors (Lipinski definition) is 3. The molecule has 3 nitrogen and oxygen atoms in total. The van der Waals surface area contributed by atoms with E-state index >= 15 is 0 Å². The number of rotatable bonds is 20. The molecule has 2 atom stereocenters. The third-order valence-electron chi connectivity index (χ3n) is 6.71. The normalized spacial score (nSPS) is 12.0. The predicted molar refractivity (Wildman–Crippen MR) is 214 cm³/mol. The highest BCUT2D eigenvalue weighted by molar-refractivity contribution is 5.48. The third kappa shape index (κ3) is 33.2. The summed E-state index contributed by atoms with van der Waals surface area (Å²) >= 11 is 0. The van der Waals surface area contributed by atoms with Crippen LogP contribution in [0.1, 0.15) is 99.5 Å². The molecule has 3 N–H and O–H groups in total. The van der Waals surface area contributed by atoms with Crippen molar-refractivity contribution in [3.63, 3.8) is 0 Å². The standard InChI is InChI=1S/C26H38N2.C8H13N.C7H14.C2H6/c1-7-22(3)23(4)19-27-25(6)20-28-24(5)14-12-11-13-21(2)17-18-26-15-9-8-10-16-26;1-4-5-8(2)6-7-9-3;1-4-5-6-7(2)3;1-2/h8-10,12,14-18,21,23,27-28H,3,5-7,11,13,19-20H2,1-2,4H3;4-7,9H,1H2,2-3H3;2,4-6H2,1,3H3;1-2H3/b14-12+,18-17+;7-6+,8-5-;;. The summed E-state index contributed by atoms with van der Waals surface area (Å²) in [7, 11) is 1.87. The second-order valence-electron chi connectivity index (χ2n) is 11.3. The fourth-order valence-corrected chi connectivity index (χ4v) is 3.59. The van der Waals surface area contributed by atoms with E-state index in [4.69, 9.17) is 0 Å². The lowest BCUT2D eigenvalue weighted by Gasteiger charge is -2.17. The molecule has 46 heavy (non-hydrogen) atoms. The van der Waals surface area contributed by atoms with Crippen LogP contribution in [-0.2, 0) is 0 Å². The van der Waals surface area contributed by atoms with Gasteiger partial charge in [0.25, 0.3) is 0 Å². The summed E-state index contributed by atoms with van der Waals surface area (Å²) in [6.45, 7) is 38.1. The minimum atomic E-state index is 0.461. The van der Waals surface area contributed by atoms with Gasteiger partial charge >= 0.3 is 0 Å². The van der Waals surface area contributed by atoms with Crippen LogP contribution in [0.4, 0.5) is 0 Å². The lowest BCUT2D eigenvalue weighted by Crippen LogP contribution is -2.27. The average molecular weight is 630 g/mol. The van der Waals surface area contributed by atoms with Crippen LogP contribution >= 0.6 is 0 Å². The Hall–Kier alpha value is -3.72. The van der Waals surface area contributed by atoms with Crippen LogP contribution in [0.3, 0.4) is 0 Å². The lowest BCUT2D eigenvalue weighted by molar-refractivity contribution is 0.597. The Kier molecular flexibility index (Phi) is 34.7. The van der Waals surface area contributed by atoms with Crippen LogP contribution in [-0.4, -0.2) is 20.1 Å². The molecule has 3 heteroatoms.